The summed E-state index contributed by atoms with van der Waals surface area (Å²) in [6.07, 6.45) is -1.42. The van der Waals surface area contributed by atoms with Crippen molar-refractivity contribution in [3.8, 4) is 0 Å². The Morgan fingerprint density at radius 2 is 1.34 bits per heavy atom. The van der Waals surface area contributed by atoms with Crippen molar-refractivity contribution < 1.29 is 44.1 Å². The van der Waals surface area contributed by atoms with Gasteiger partial charge in [-0.2, -0.15) is 0 Å². The van der Waals surface area contributed by atoms with Gasteiger partial charge in [0.25, 0.3) is 0 Å². The highest BCUT2D eigenvalue weighted by molar-refractivity contribution is 5.94. The summed E-state index contributed by atoms with van der Waals surface area (Å²) in [7, 11) is 0. The lowest BCUT2D eigenvalue weighted by molar-refractivity contribution is -0.147. The molecule has 0 spiro atoms. The molecule has 0 bridgehead atoms. The second-order valence-electron chi connectivity index (χ2n) is 7.54. The fourth-order valence-corrected chi connectivity index (χ4v) is 2.54. The highest BCUT2D eigenvalue weighted by Crippen LogP contribution is 2.08. The number of hydrogen-bond donors (Lipinski definition) is 8. The molecule has 0 heterocycles. The number of carboxylic acids is 2. The van der Waals surface area contributed by atoms with E-state index in [1.54, 1.807) is 13.8 Å². The molecular weight excluding hydrogens is 430 g/mol. The Bertz CT molecular complexity index is 713. The first-order chi connectivity index (χ1) is 14.8. The first kappa shape index (κ1) is 28.7. The predicted molar refractivity (Wildman–Crippen MR) is 109 cm³/mol. The fourth-order valence-electron chi connectivity index (χ4n) is 2.54. The van der Waals surface area contributed by atoms with Crippen LogP contribution in [-0.4, -0.2) is 81.7 Å². The number of carbonyl (C=O) groups is 6. The number of aliphatic hydroxyl groups is 1. The van der Waals surface area contributed by atoms with Gasteiger partial charge in [-0.3, -0.25) is 24.0 Å². The predicted octanol–water partition coefficient (Wildman–Crippen LogP) is -3.37. The van der Waals surface area contributed by atoms with Crippen LogP contribution in [-0.2, 0) is 28.8 Å². The molecule has 0 rings (SSSR count). The molecule has 4 atom stereocenters. The molecule has 0 radical (unpaired) electrons. The highest BCUT2D eigenvalue weighted by atomic mass is 16.4. The Morgan fingerprint density at radius 3 is 1.78 bits per heavy atom. The zero-order valence-corrected chi connectivity index (χ0v) is 17.9. The van der Waals surface area contributed by atoms with Crippen LogP contribution >= 0.6 is 0 Å². The summed E-state index contributed by atoms with van der Waals surface area (Å²) < 4.78 is 0. The van der Waals surface area contributed by atoms with Crippen molar-refractivity contribution in [3.05, 3.63) is 0 Å². The normalized spacial score (nSPS) is 14.5. The van der Waals surface area contributed by atoms with E-state index in [1.165, 1.54) is 0 Å². The van der Waals surface area contributed by atoms with Crippen LogP contribution in [0.25, 0.3) is 0 Å². The van der Waals surface area contributed by atoms with E-state index in [0.717, 1.165) is 0 Å². The molecule has 0 aromatic heterocycles. The molecule has 0 aromatic carbocycles. The van der Waals surface area contributed by atoms with Crippen LogP contribution < -0.4 is 27.4 Å². The molecule has 10 N–H and O–H groups in total. The van der Waals surface area contributed by atoms with Gasteiger partial charge in [0, 0.05) is 6.42 Å². The largest absolute Gasteiger partial charge is 0.481 e. The molecule has 14 nitrogen and oxygen atoms in total. The van der Waals surface area contributed by atoms with Gasteiger partial charge in [0.15, 0.2) is 0 Å². The van der Waals surface area contributed by atoms with E-state index < -0.39 is 72.8 Å². The maximum atomic E-state index is 12.7. The summed E-state index contributed by atoms with van der Waals surface area (Å²) in [5.41, 5.74) is 10.5. The molecule has 0 aliphatic rings. The van der Waals surface area contributed by atoms with Crippen molar-refractivity contribution in [2.24, 2.45) is 17.4 Å². The quantitative estimate of drug-likeness (QED) is 0.120. The average Bonchev–Trinajstić information content (AvgIpc) is 2.67. The van der Waals surface area contributed by atoms with Crippen molar-refractivity contribution in [1.82, 2.24) is 16.0 Å². The Morgan fingerprint density at radius 1 is 0.844 bits per heavy atom. The number of carboxylic acid groups (broad SMARTS) is 2. The van der Waals surface area contributed by atoms with Crippen LogP contribution in [0.3, 0.4) is 0 Å². The molecule has 4 amide bonds. The topological polar surface area (TPSA) is 251 Å². The number of rotatable bonds is 15. The first-order valence-electron chi connectivity index (χ1n) is 9.78. The monoisotopic (exact) mass is 461 g/mol. The number of primary amides is 1. The molecular formula is C18H31N5O9. The van der Waals surface area contributed by atoms with E-state index >= 15 is 0 Å². The lowest BCUT2D eigenvalue weighted by Crippen LogP contribution is -2.57. The Balaban J connectivity index is 5.55. The maximum Gasteiger partial charge on any atom is 0.326 e. The smallest absolute Gasteiger partial charge is 0.326 e. The second-order valence-corrected chi connectivity index (χ2v) is 7.54. The Hall–Kier alpha value is -3.26. The van der Waals surface area contributed by atoms with Crippen LogP contribution in [0.15, 0.2) is 0 Å². The molecule has 32 heavy (non-hydrogen) atoms. The first-order valence-corrected chi connectivity index (χ1v) is 9.78. The average molecular weight is 461 g/mol. The third-order valence-electron chi connectivity index (χ3n) is 4.18. The van der Waals surface area contributed by atoms with Crippen LogP contribution in [0.2, 0.25) is 0 Å². The SMILES string of the molecule is CC(C)CC(NC(=O)C(N)CO)C(=O)NC(CCC(N)=O)C(=O)NC(CC(=O)O)C(=O)O. The zero-order valence-electron chi connectivity index (χ0n) is 17.9. The minimum Gasteiger partial charge on any atom is -0.481 e. The zero-order chi connectivity index (χ0) is 25.0. The van der Waals surface area contributed by atoms with Gasteiger partial charge >= 0.3 is 11.9 Å². The fraction of sp³-hybridized carbons (Fsp3) is 0.667. The summed E-state index contributed by atoms with van der Waals surface area (Å²) in [5, 5.41) is 33.6. The van der Waals surface area contributed by atoms with Crippen molar-refractivity contribution in [1.29, 1.82) is 0 Å². The lowest BCUT2D eigenvalue weighted by Gasteiger charge is -2.25. The molecule has 14 heteroatoms. The van der Waals surface area contributed by atoms with Crippen molar-refractivity contribution in [2.75, 3.05) is 6.61 Å². The van der Waals surface area contributed by atoms with Gasteiger partial charge in [0.2, 0.25) is 23.6 Å². The summed E-state index contributed by atoms with van der Waals surface area (Å²) in [5.74, 6) is -6.64. The number of nitrogens with two attached hydrogens (primary N) is 2. The van der Waals surface area contributed by atoms with Crippen molar-refractivity contribution in [2.45, 2.75) is 63.7 Å². The van der Waals surface area contributed by atoms with E-state index in [4.69, 9.17) is 26.8 Å². The maximum absolute atomic E-state index is 12.7. The number of nitrogens with one attached hydrogen (secondary N) is 3. The van der Waals surface area contributed by atoms with Gasteiger partial charge in [-0.25, -0.2) is 4.79 Å². The van der Waals surface area contributed by atoms with Gasteiger partial charge in [-0.1, -0.05) is 13.8 Å². The van der Waals surface area contributed by atoms with Crippen LogP contribution in [0, 0.1) is 5.92 Å². The van der Waals surface area contributed by atoms with E-state index in [0.29, 0.717) is 0 Å². The van der Waals surface area contributed by atoms with Crippen LogP contribution in [0.4, 0.5) is 0 Å². The molecule has 0 aliphatic heterocycles. The van der Waals surface area contributed by atoms with E-state index in [-0.39, 0.29) is 25.2 Å². The van der Waals surface area contributed by atoms with Gasteiger partial charge in [-0.05, 0) is 18.8 Å². The van der Waals surface area contributed by atoms with Crippen molar-refractivity contribution in [3.63, 3.8) is 0 Å². The highest BCUT2D eigenvalue weighted by Gasteiger charge is 2.31. The van der Waals surface area contributed by atoms with Gasteiger partial charge in [-0.15, -0.1) is 0 Å². The summed E-state index contributed by atoms with van der Waals surface area (Å²) in [6, 6.07) is -5.65. The van der Waals surface area contributed by atoms with Crippen molar-refractivity contribution >= 4 is 35.6 Å². The van der Waals surface area contributed by atoms with E-state index in [2.05, 4.69) is 10.6 Å². The van der Waals surface area contributed by atoms with Crippen LogP contribution in [0.1, 0.15) is 39.5 Å². The third kappa shape index (κ3) is 11.2. The Labute approximate surface area is 184 Å². The van der Waals surface area contributed by atoms with E-state index in [1.807, 2.05) is 5.32 Å². The third-order valence-corrected chi connectivity index (χ3v) is 4.18. The molecule has 0 saturated carbocycles. The molecule has 0 fully saturated rings. The summed E-state index contributed by atoms with van der Waals surface area (Å²) in [6.45, 7) is 2.86. The lowest BCUT2D eigenvalue weighted by atomic mass is 10.0. The van der Waals surface area contributed by atoms with E-state index in [9.17, 15) is 28.8 Å². The van der Waals surface area contributed by atoms with Gasteiger partial charge < -0.3 is 42.7 Å². The molecule has 182 valence electrons. The number of aliphatic hydroxyl groups excluding tert-OH is 1. The summed E-state index contributed by atoms with van der Waals surface area (Å²) >= 11 is 0. The van der Waals surface area contributed by atoms with Gasteiger partial charge in [0.1, 0.15) is 24.2 Å². The standard InChI is InChI=1S/C18H31N5O9/c1-8(2)5-11(22-15(28)9(19)7-24)17(30)21-10(3-4-13(20)25)16(29)23-12(18(31)32)6-14(26)27/h8-12,24H,3-7,19H2,1-2H3,(H2,20,25)(H,21,30)(H,22,28)(H,23,29)(H,26,27)(H,31,32). The minimum absolute atomic E-state index is 0.0822. The second kappa shape index (κ2) is 13.9. The summed E-state index contributed by atoms with van der Waals surface area (Å²) in [4.78, 5) is 70.4. The number of aliphatic carboxylic acids is 2. The number of hydrogen-bond acceptors (Lipinski definition) is 8. The molecule has 0 aliphatic carbocycles. The molecule has 0 aromatic rings. The molecule has 0 saturated heterocycles. The number of amides is 4. The van der Waals surface area contributed by atoms with Crippen LogP contribution in [0.5, 0.6) is 0 Å². The van der Waals surface area contributed by atoms with Gasteiger partial charge in [0.05, 0.1) is 13.0 Å². The minimum atomic E-state index is -1.78. The Kier molecular flexibility index (Phi) is 12.5. The molecule has 4 unspecified atom stereocenters. The number of carbonyl (C=O) groups excluding carboxylic acids is 4.